The monoisotopic (exact) mass is 331 g/mol. The molecular formula is C13H15F2N3O3S. The molecule has 2 rings (SSSR count). The number of nitrogens with zero attached hydrogens (tertiary/aromatic N) is 2. The Morgan fingerprint density at radius 1 is 1.41 bits per heavy atom. The largest absolute Gasteiger partial charge is 0.395 e. The van der Waals surface area contributed by atoms with Crippen LogP contribution in [0.5, 0.6) is 0 Å². The normalized spacial score (nSPS) is 13.3. The number of sulfonamides is 1. The quantitative estimate of drug-likeness (QED) is 0.811. The van der Waals surface area contributed by atoms with Crippen molar-refractivity contribution in [2.75, 3.05) is 6.61 Å². The highest BCUT2D eigenvalue weighted by Gasteiger charge is 2.24. The van der Waals surface area contributed by atoms with Gasteiger partial charge in [0.25, 0.3) is 0 Å². The first-order valence-corrected chi connectivity index (χ1v) is 7.86. The second kappa shape index (κ2) is 6.51. The first kappa shape index (κ1) is 16.5. The van der Waals surface area contributed by atoms with E-state index in [2.05, 4.69) is 9.82 Å². The van der Waals surface area contributed by atoms with Gasteiger partial charge in [0.05, 0.1) is 12.8 Å². The maximum Gasteiger partial charge on any atom is 0.243 e. The molecule has 6 nitrogen and oxygen atoms in total. The van der Waals surface area contributed by atoms with E-state index in [-0.39, 0.29) is 6.42 Å². The lowest BCUT2D eigenvalue weighted by Crippen LogP contribution is -2.39. The molecule has 1 heterocycles. The second-order valence-corrected chi connectivity index (χ2v) is 6.48. The minimum atomic E-state index is -4.29. The van der Waals surface area contributed by atoms with Crippen LogP contribution >= 0.6 is 0 Å². The van der Waals surface area contributed by atoms with Gasteiger partial charge in [-0.2, -0.15) is 5.10 Å². The molecule has 0 fully saturated rings. The van der Waals surface area contributed by atoms with Gasteiger partial charge in [0.15, 0.2) is 0 Å². The van der Waals surface area contributed by atoms with E-state index < -0.39 is 39.2 Å². The molecule has 1 atom stereocenters. The molecule has 1 unspecified atom stereocenters. The summed E-state index contributed by atoms with van der Waals surface area (Å²) >= 11 is 0. The molecule has 0 bridgehead atoms. The van der Waals surface area contributed by atoms with Crippen LogP contribution in [0.3, 0.4) is 0 Å². The molecule has 2 N–H and O–H groups in total. The summed E-state index contributed by atoms with van der Waals surface area (Å²) < 4.78 is 54.7. The molecule has 9 heteroatoms. The Hall–Kier alpha value is -1.84. The van der Waals surface area contributed by atoms with E-state index >= 15 is 0 Å². The zero-order valence-corrected chi connectivity index (χ0v) is 12.5. The topological polar surface area (TPSA) is 84.2 Å². The van der Waals surface area contributed by atoms with E-state index in [9.17, 15) is 22.3 Å². The first-order chi connectivity index (χ1) is 10.3. The Labute approximate surface area is 126 Å². The maximum atomic E-state index is 13.6. The lowest BCUT2D eigenvalue weighted by molar-refractivity contribution is 0.256. The molecule has 0 aliphatic heterocycles. The molecule has 0 aliphatic rings. The number of aliphatic hydroxyl groups excluding tert-OH is 1. The van der Waals surface area contributed by atoms with Gasteiger partial charge in [0.1, 0.15) is 16.5 Å². The Morgan fingerprint density at radius 2 is 2.14 bits per heavy atom. The third-order valence-electron chi connectivity index (χ3n) is 2.97. The Bertz CT molecular complexity index is 762. The number of hydrogen-bond donors (Lipinski definition) is 2. The van der Waals surface area contributed by atoms with Gasteiger partial charge in [0, 0.05) is 19.3 Å². The minimum absolute atomic E-state index is 0.167. The summed E-state index contributed by atoms with van der Waals surface area (Å²) in [7, 11) is -2.59. The standard InChI is InChI=1S/C13H15F2N3O3S/c1-18-7-9(6-16-18)4-11(8-19)17-22(20,21)13-5-10(14)2-3-12(13)15/h2-3,5-7,11,17,19H,4,8H2,1H3. The summed E-state index contributed by atoms with van der Waals surface area (Å²) in [5.41, 5.74) is 0.698. The van der Waals surface area contributed by atoms with Gasteiger partial charge in [-0.1, -0.05) is 0 Å². The van der Waals surface area contributed by atoms with Crippen molar-refractivity contribution in [3.8, 4) is 0 Å². The predicted molar refractivity (Wildman–Crippen MR) is 74.5 cm³/mol. The number of benzene rings is 1. The second-order valence-electron chi connectivity index (χ2n) is 4.80. The third-order valence-corrected chi connectivity index (χ3v) is 4.50. The van der Waals surface area contributed by atoms with Gasteiger partial charge in [-0.15, -0.1) is 0 Å². The molecule has 0 amide bonds. The average molecular weight is 331 g/mol. The third kappa shape index (κ3) is 3.87. The molecule has 120 valence electrons. The van der Waals surface area contributed by atoms with Gasteiger partial charge in [0.2, 0.25) is 10.0 Å². The molecule has 1 aromatic carbocycles. The molecule has 0 radical (unpaired) electrons. The van der Waals surface area contributed by atoms with E-state index in [1.54, 1.807) is 13.2 Å². The minimum Gasteiger partial charge on any atom is -0.395 e. The smallest absolute Gasteiger partial charge is 0.243 e. The summed E-state index contributed by atoms with van der Waals surface area (Å²) in [5, 5.41) is 13.2. The summed E-state index contributed by atoms with van der Waals surface area (Å²) in [6, 6.07) is 1.28. The van der Waals surface area contributed by atoms with Crippen molar-refractivity contribution in [1.82, 2.24) is 14.5 Å². The maximum absolute atomic E-state index is 13.6. The highest BCUT2D eigenvalue weighted by atomic mass is 32.2. The Morgan fingerprint density at radius 3 is 2.73 bits per heavy atom. The molecule has 0 aliphatic carbocycles. The van der Waals surface area contributed by atoms with Gasteiger partial charge >= 0.3 is 0 Å². The van der Waals surface area contributed by atoms with Crippen molar-refractivity contribution in [3.05, 3.63) is 47.8 Å². The van der Waals surface area contributed by atoms with Crippen LogP contribution in [0.2, 0.25) is 0 Å². The first-order valence-electron chi connectivity index (χ1n) is 6.37. The number of hydrogen-bond acceptors (Lipinski definition) is 4. The Kier molecular flexibility index (Phi) is 4.89. The summed E-state index contributed by atoms with van der Waals surface area (Å²) in [6.07, 6.45) is 3.36. The van der Waals surface area contributed by atoms with Crippen LogP contribution in [-0.2, 0) is 23.5 Å². The van der Waals surface area contributed by atoms with Crippen LogP contribution < -0.4 is 4.72 Å². The van der Waals surface area contributed by atoms with Crippen LogP contribution in [0.25, 0.3) is 0 Å². The van der Waals surface area contributed by atoms with Crippen molar-refractivity contribution in [2.24, 2.45) is 7.05 Å². The van der Waals surface area contributed by atoms with Gasteiger partial charge in [-0.3, -0.25) is 4.68 Å². The van der Waals surface area contributed by atoms with Gasteiger partial charge in [-0.05, 0) is 30.2 Å². The SMILES string of the molecule is Cn1cc(CC(CO)NS(=O)(=O)c2cc(F)ccc2F)cn1. The van der Waals surface area contributed by atoms with E-state index in [1.807, 2.05) is 0 Å². The number of aliphatic hydroxyl groups is 1. The van der Waals surface area contributed by atoms with Crippen molar-refractivity contribution in [1.29, 1.82) is 0 Å². The van der Waals surface area contributed by atoms with E-state index in [1.165, 1.54) is 10.9 Å². The Balaban J connectivity index is 2.20. The number of nitrogens with one attached hydrogen (secondary N) is 1. The number of aromatic nitrogens is 2. The molecular weight excluding hydrogens is 316 g/mol. The fourth-order valence-electron chi connectivity index (χ4n) is 1.97. The average Bonchev–Trinajstić information content (AvgIpc) is 2.85. The molecule has 0 saturated heterocycles. The summed E-state index contributed by atoms with van der Waals surface area (Å²) in [6.45, 7) is -0.495. The zero-order valence-electron chi connectivity index (χ0n) is 11.7. The predicted octanol–water partition coefficient (Wildman–Crippen LogP) is 0.580. The van der Waals surface area contributed by atoms with E-state index in [4.69, 9.17) is 0 Å². The van der Waals surface area contributed by atoms with Gasteiger partial charge in [-0.25, -0.2) is 21.9 Å². The number of rotatable bonds is 6. The van der Waals surface area contributed by atoms with Crippen molar-refractivity contribution >= 4 is 10.0 Å². The van der Waals surface area contributed by atoms with Crippen LogP contribution in [0.15, 0.2) is 35.5 Å². The summed E-state index contributed by atoms with van der Waals surface area (Å²) in [5.74, 6) is -1.93. The van der Waals surface area contributed by atoms with Crippen LogP contribution in [-0.4, -0.2) is 36.0 Å². The lowest BCUT2D eigenvalue weighted by Gasteiger charge is -2.16. The lowest BCUT2D eigenvalue weighted by atomic mass is 10.1. The highest BCUT2D eigenvalue weighted by Crippen LogP contribution is 2.16. The van der Waals surface area contributed by atoms with Crippen LogP contribution in [0.1, 0.15) is 5.56 Å². The highest BCUT2D eigenvalue weighted by molar-refractivity contribution is 7.89. The van der Waals surface area contributed by atoms with Gasteiger partial charge < -0.3 is 5.11 Å². The number of aryl methyl sites for hydroxylation is 1. The summed E-state index contributed by atoms with van der Waals surface area (Å²) in [4.78, 5) is -0.794. The fourth-order valence-corrected chi connectivity index (χ4v) is 3.29. The van der Waals surface area contributed by atoms with E-state index in [0.29, 0.717) is 11.6 Å². The number of halogens is 2. The fraction of sp³-hybridized carbons (Fsp3) is 0.308. The van der Waals surface area contributed by atoms with Crippen LogP contribution in [0, 0.1) is 11.6 Å². The van der Waals surface area contributed by atoms with E-state index in [0.717, 1.165) is 12.1 Å². The molecule has 22 heavy (non-hydrogen) atoms. The molecule has 0 spiro atoms. The van der Waals surface area contributed by atoms with Crippen molar-refractivity contribution in [3.63, 3.8) is 0 Å². The molecule has 2 aromatic rings. The molecule has 1 aromatic heterocycles. The molecule has 0 saturated carbocycles. The van der Waals surface area contributed by atoms with Crippen molar-refractivity contribution in [2.45, 2.75) is 17.4 Å². The van der Waals surface area contributed by atoms with Crippen molar-refractivity contribution < 1.29 is 22.3 Å². The zero-order chi connectivity index (χ0) is 16.3. The van der Waals surface area contributed by atoms with Crippen LogP contribution in [0.4, 0.5) is 8.78 Å².